The van der Waals surface area contributed by atoms with Crippen LogP contribution in [0.3, 0.4) is 0 Å². The summed E-state index contributed by atoms with van der Waals surface area (Å²) in [6.45, 7) is 3.57. The average Bonchev–Trinajstić information content (AvgIpc) is 2.11. The van der Waals surface area contributed by atoms with Crippen molar-refractivity contribution in [3.05, 3.63) is 17.4 Å². The first-order valence-electron chi connectivity index (χ1n) is 4.23. The highest BCUT2D eigenvalue weighted by molar-refractivity contribution is 6.33. The van der Waals surface area contributed by atoms with Crippen LogP contribution in [0.1, 0.15) is 13.8 Å². The molecule has 0 fully saturated rings. The number of halogens is 1. The highest BCUT2D eigenvalue weighted by Crippen LogP contribution is 2.25. The summed E-state index contributed by atoms with van der Waals surface area (Å²) < 4.78 is 0. The van der Waals surface area contributed by atoms with E-state index in [1.807, 2.05) is 0 Å². The second-order valence-corrected chi connectivity index (χ2v) is 3.57. The Morgan fingerprint density at radius 2 is 2.29 bits per heavy atom. The number of nitrogens with two attached hydrogens (primary N) is 1. The number of carbonyl (C=O) groups is 1. The van der Waals surface area contributed by atoms with Crippen molar-refractivity contribution >= 4 is 28.9 Å². The van der Waals surface area contributed by atoms with Gasteiger partial charge in [0.2, 0.25) is 5.91 Å². The molecule has 0 aliphatic rings. The molecule has 0 unspecified atom stereocenters. The lowest BCUT2D eigenvalue weighted by atomic mass is 10.2. The lowest BCUT2D eigenvalue weighted by Crippen LogP contribution is -2.19. The molecular weight excluding hydrogens is 202 g/mol. The number of nitrogens with zero attached hydrogens (tertiary/aromatic N) is 1. The van der Waals surface area contributed by atoms with Crippen LogP contribution >= 0.6 is 11.6 Å². The van der Waals surface area contributed by atoms with Crippen molar-refractivity contribution in [3.63, 3.8) is 0 Å². The van der Waals surface area contributed by atoms with E-state index >= 15 is 0 Å². The first-order chi connectivity index (χ1) is 6.52. The highest BCUT2D eigenvalue weighted by atomic mass is 35.5. The third-order valence-electron chi connectivity index (χ3n) is 1.71. The summed E-state index contributed by atoms with van der Waals surface area (Å²) in [7, 11) is 0. The number of amides is 1. The third kappa shape index (κ3) is 2.35. The van der Waals surface area contributed by atoms with E-state index in [2.05, 4.69) is 10.3 Å². The minimum atomic E-state index is -0.133. The van der Waals surface area contributed by atoms with E-state index in [0.717, 1.165) is 0 Å². The van der Waals surface area contributed by atoms with Gasteiger partial charge >= 0.3 is 0 Å². The van der Waals surface area contributed by atoms with Gasteiger partial charge in [-0.25, -0.2) is 4.98 Å². The molecule has 5 heteroatoms. The molecule has 3 N–H and O–H groups in total. The Morgan fingerprint density at radius 3 is 2.79 bits per heavy atom. The van der Waals surface area contributed by atoms with E-state index in [9.17, 15) is 4.79 Å². The standard InChI is InChI=1S/C9H12ClN3O/c1-5(2)9(14)13-7-6(11)3-4-12-8(7)10/h3-5H,1-2H3,(H2,11,12)(H,13,14). The van der Waals surface area contributed by atoms with Crippen molar-refractivity contribution in [1.82, 2.24) is 4.98 Å². The van der Waals surface area contributed by atoms with Crippen LogP contribution < -0.4 is 11.1 Å². The summed E-state index contributed by atoms with van der Waals surface area (Å²) in [5, 5.41) is 2.83. The molecule has 0 radical (unpaired) electrons. The van der Waals surface area contributed by atoms with Crippen molar-refractivity contribution in [2.45, 2.75) is 13.8 Å². The lowest BCUT2D eigenvalue weighted by Gasteiger charge is -2.10. The molecule has 76 valence electrons. The second-order valence-electron chi connectivity index (χ2n) is 3.21. The molecular formula is C9H12ClN3O. The molecule has 0 saturated carbocycles. The van der Waals surface area contributed by atoms with Crippen molar-refractivity contribution in [2.24, 2.45) is 5.92 Å². The van der Waals surface area contributed by atoms with Gasteiger partial charge in [0.25, 0.3) is 0 Å². The number of aromatic nitrogens is 1. The molecule has 0 saturated heterocycles. The van der Waals surface area contributed by atoms with Crippen LogP contribution in [-0.4, -0.2) is 10.9 Å². The van der Waals surface area contributed by atoms with Crippen molar-refractivity contribution in [1.29, 1.82) is 0 Å². The number of hydrogen-bond acceptors (Lipinski definition) is 3. The Bertz CT molecular complexity index is 332. The average molecular weight is 214 g/mol. The zero-order chi connectivity index (χ0) is 10.7. The number of rotatable bonds is 2. The van der Waals surface area contributed by atoms with E-state index < -0.39 is 0 Å². The predicted molar refractivity (Wildman–Crippen MR) is 57.1 cm³/mol. The molecule has 1 aromatic heterocycles. The summed E-state index contributed by atoms with van der Waals surface area (Å²) in [6.07, 6.45) is 1.49. The lowest BCUT2D eigenvalue weighted by molar-refractivity contribution is -0.118. The fourth-order valence-electron chi connectivity index (χ4n) is 0.841. The molecule has 0 bridgehead atoms. The van der Waals surface area contributed by atoms with E-state index in [-0.39, 0.29) is 17.0 Å². The van der Waals surface area contributed by atoms with Gasteiger partial charge in [-0.2, -0.15) is 0 Å². The van der Waals surface area contributed by atoms with Crippen LogP contribution in [0.15, 0.2) is 12.3 Å². The minimum Gasteiger partial charge on any atom is -0.397 e. The van der Waals surface area contributed by atoms with Gasteiger partial charge in [-0.3, -0.25) is 4.79 Å². The van der Waals surface area contributed by atoms with Crippen molar-refractivity contribution in [2.75, 3.05) is 11.1 Å². The maximum Gasteiger partial charge on any atom is 0.227 e. The molecule has 0 aromatic carbocycles. The first-order valence-corrected chi connectivity index (χ1v) is 4.61. The molecule has 0 aliphatic heterocycles. The number of hydrogen-bond donors (Lipinski definition) is 2. The summed E-state index contributed by atoms with van der Waals surface area (Å²) in [6, 6.07) is 1.59. The van der Waals surface area contributed by atoms with E-state index in [4.69, 9.17) is 17.3 Å². The smallest absolute Gasteiger partial charge is 0.227 e. The van der Waals surface area contributed by atoms with Gasteiger partial charge in [0.05, 0.1) is 5.69 Å². The van der Waals surface area contributed by atoms with Crippen LogP contribution in [0.5, 0.6) is 0 Å². The quantitative estimate of drug-likeness (QED) is 0.738. The number of pyridine rings is 1. The maximum absolute atomic E-state index is 11.4. The van der Waals surface area contributed by atoms with Crippen LogP contribution in [0.2, 0.25) is 5.15 Å². The summed E-state index contributed by atoms with van der Waals surface area (Å²) >= 11 is 5.77. The molecule has 1 aromatic rings. The predicted octanol–water partition coefficient (Wildman–Crippen LogP) is 1.91. The molecule has 0 aliphatic carbocycles. The molecule has 1 amide bonds. The molecule has 0 atom stereocenters. The molecule has 0 spiro atoms. The van der Waals surface area contributed by atoms with Gasteiger partial charge in [-0.15, -0.1) is 0 Å². The monoisotopic (exact) mass is 213 g/mol. The summed E-state index contributed by atoms with van der Waals surface area (Å²) in [5.41, 5.74) is 6.43. The Morgan fingerprint density at radius 1 is 1.64 bits per heavy atom. The van der Waals surface area contributed by atoms with Gasteiger partial charge in [0.15, 0.2) is 5.15 Å². The Kier molecular flexibility index (Phi) is 3.30. The fraction of sp³-hybridized carbons (Fsp3) is 0.333. The number of anilines is 2. The largest absolute Gasteiger partial charge is 0.397 e. The maximum atomic E-state index is 11.4. The molecule has 1 heterocycles. The topological polar surface area (TPSA) is 68.0 Å². The van der Waals surface area contributed by atoms with Gasteiger partial charge < -0.3 is 11.1 Å². The summed E-state index contributed by atoms with van der Waals surface area (Å²) in [4.78, 5) is 15.2. The molecule has 14 heavy (non-hydrogen) atoms. The first kappa shape index (κ1) is 10.8. The Hall–Kier alpha value is -1.29. The Balaban J connectivity index is 2.91. The van der Waals surface area contributed by atoms with E-state index in [1.165, 1.54) is 6.20 Å². The molecule has 1 rings (SSSR count). The zero-order valence-electron chi connectivity index (χ0n) is 8.04. The van der Waals surface area contributed by atoms with Crippen LogP contribution in [0.4, 0.5) is 11.4 Å². The van der Waals surface area contributed by atoms with Crippen LogP contribution in [0.25, 0.3) is 0 Å². The van der Waals surface area contributed by atoms with Gasteiger partial charge in [-0.1, -0.05) is 25.4 Å². The number of carbonyl (C=O) groups excluding carboxylic acids is 1. The second kappa shape index (κ2) is 4.28. The minimum absolute atomic E-state index is 0.120. The van der Waals surface area contributed by atoms with Gasteiger partial charge in [0, 0.05) is 12.1 Å². The Labute approximate surface area is 87.5 Å². The van der Waals surface area contributed by atoms with E-state index in [1.54, 1.807) is 19.9 Å². The van der Waals surface area contributed by atoms with E-state index in [0.29, 0.717) is 11.4 Å². The normalized spacial score (nSPS) is 10.3. The van der Waals surface area contributed by atoms with Gasteiger partial charge in [-0.05, 0) is 6.07 Å². The zero-order valence-corrected chi connectivity index (χ0v) is 8.80. The summed E-state index contributed by atoms with van der Waals surface area (Å²) in [5.74, 6) is -0.253. The number of nitrogen functional groups attached to an aromatic ring is 1. The third-order valence-corrected chi connectivity index (χ3v) is 2.00. The van der Waals surface area contributed by atoms with Crippen molar-refractivity contribution < 1.29 is 4.79 Å². The van der Waals surface area contributed by atoms with Crippen LogP contribution in [-0.2, 0) is 4.79 Å². The SMILES string of the molecule is CC(C)C(=O)Nc1c(N)ccnc1Cl. The fourth-order valence-corrected chi connectivity index (χ4v) is 1.05. The van der Waals surface area contributed by atoms with Crippen LogP contribution in [0, 0.1) is 5.92 Å². The van der Waals surface area contributed by atoms with Gasteiger partial charge in [0.1, 0.15) is 5.69 Å². The number of nitrogens with one attached hydrogen (secondary N) is 1. The molecule has 4 nitrogen and oxygen atoms in total. The van der Waals surface area contributed by atoms with Crippen molar-refractivity contribution in [3.8, 4) is 0 Å². The highest BCUT2D eigenvalue weighted by Gasteiger charge is 2.12.